The maximum Gasteiger partial charge on any atom is 2.00 e. The van der Waals surface area contributed by atoms with E-state index < -0.39 is 31.9 Å². The van der Waals surface area contributed by atoms with E-state index >= 15 is 0 Å². The Kier molecular flexibility index (Phi) is 14.4. The fraction of sp³-hybridized carbons (Fsp3) is 0. The molecule has 2 heterocycles. The van der Waals surface area contributed by atoms with Crippen molar-refractivity contribution in [2.24, 2.45) is 4.40 Å². The zero-order chi connectivity index (χ0) is 17.5. The summed E-state index contributed by atoms with van der Waals surface area (Å²) >= 11 is 0. The number of rotatable bonds is 0. The van der Waals surface area contributed by atoms with Gasteiger partial charge in [0.25, 0.3) is 10.0 Å². The summed E-state index contributed by atoms with van der Waals surface area (Å²) in [6, 6.07) is 12.0. The molecule has 0 aliphatic carbocycles. The molecular formula is C14H22CuN6O7S2. The van der Waals surface area contributed by atoms with Crippen LogP contribution in [0.2, 0.25) is 0 Å². The standard InChI is InChI=1S/2C7H5NO3S.Cu.4H3N.H2O/c2*9-7-5-3-1-2-4-6(5)12(10,11)8-7;;;;;;/h2*1-4H,(H,8,9);;4*1H3;1H2/q;;+2;;;;;/p-2. The Morgan fingerprint density at radius 3 is 1.67 bits per heavy atom. The molecule has 0 fully saturated rings. The number of carbonyl (C=O) groups is 1. The first-order chi connectivity index (χ1) is 11.2. The van der Waals surface area contributed by atoms with Gasteiger partial charge >= 0.3 is 17.1 Å². The Hall–Kier alpha value is -2.40. The van der Waals surface area contributed by atoms with Gasteiger partial charge in [-0.2, -0.15) is 12.8 Å². The molecule has 0 aromatic heterocycles. The molecule has 0 spiro atoms. The second-order valence-electron chi connectivity index (χ2n) is 4.74. The van der Waals surface area contributed by atoms with Crippen LogP contribution in [-0.2, 0) is 37.1 Å². The van der Waals surface area contributed by atoms with Crippen molar-refractivity contribution in [2.45, 2.75) is 9.79 Å². The van der Waals surface area contributed by atoms with Crippen molar-refractivity contribution in [1.29, 1.82) is 0 Å². The van der Waals surface area contributed by atoms with E-state index in [9.17, 15) is 26.7 Å². The van der Waals surface area contributed by atoms with Gasteiger partial charge in [0, 0.05) is 17.0 Å². The Morgan fingerprint density at radius 2 is 1.20 bits per heavy atom. The van der Waals surface area contributed by atoms with E-state index in [4.69, 9.17) is 0 Å². The molecular weight excluding hydrogens is 492 g/mol. The third-order valence-corrected chi connectivity index (χ3v) is 5.83. The monoisotopic (exact) mass is 513 g/mol. The predicted octanol–water partition coefficient (Wildman–Crippen LogP) is 0.219. The Morgan fingerprint density at radius 1 is 0.767 bits per heavy atom. The van der Waals surface area contributed by atoms with Gasteiger partial charge in [-0.1, -0.05) is 36.4 Å². The molecule has 2 aromatic rings. The van der Waals surface area contributed by atoms with Crippen molar-refractivity contribution in [1.82, 2.24) is 24.6 Å². The third kappa shape index (κ3) is 6.30. The van der Waals surface area contributed by atoms with Crippen molar-refractivity contribution in [3.05, 3.63) is 64.4 Å². The van der Waals surface area contributed by atoms with Crippen LogP contribution in [0.15, 0.2) is 62.7 Å². The van der Waals surface area contributed by atoms with E-state index in [1.54, 1.807) is 24.3 Å². The van der Waals surface area contributed by atoms with Crippen molar-refractivity contribution >= 4 is 31.9 Å². The van der Waals surface area contributed by atoms with Gasteiger partial charge in [0.2, 0.25) is 0 Å². The number of benzene rings is 2. The number of fused-ring (bicyclic) bond motifs is 2. The summed E-state index contributed by atoms with van der Waals surface area (Å²) in [4.78, 5) is 11.0. The van der Waals surface area contributed by atoms with Crippen LogP contribution >= 0.6 is 0 Å². The van der Waals surface area contributed by atoms with Gasteiger partial charge in [0.05, 0.1) is 15.7 Å². The number of nitrogens with zero attached hydrogens (tertiary/aromatic N) is 2. The van der Waals surface area contributed by atoms with Gasteiger partial charge in [-0.3, -0.25) is 0 Å². The van der Waals surface area contributed by atoms with Crippen molar-refractivity contribution in [3.8, 4) is 0 Å². The molecule has 2 aliphatic heterocycles. The molecule has 0 atom stereocenters. The van der Waals surface area contributed by atoms with Crippen molar-refractivity contribution in [3.63, 3.8) is 0 Å². The number of hydrogen-bond acceptors (Lipinski definition) is 10. The third-order valence-electron chi connectivity index (χ3n) is 3.20. The predicted molar refractivity (Wildman–Crippen MR) is 105 cm³/mol. The SMILES string of the molecule is N.N.N.N.O.O=C1[N-]S(=O)(=O)c2ccccc21.O=S1(=O)N=C([O-])c2ccccc21.[Cu+2]. The quantitative estimate of drug-likeness (QED) is 0.346. The minimum Gasteiger partial charge on any atom is -0.858 e. The Balaban J connectivity index is -0.000000188. The van der Waals surface area contributed by atoms with E-state index in [2.05, 4.69) is 9.12 Å². The maximum absolute atomic E-state index is 11.1. The summed E-state index contributed by atoms with van der Waals surface area (Å²) < 4.78 is 50.3. The maximum atomic E-state index is 11.1. The molecule has 2 aliphatic rings. The average molecular weight is 514 g/mol. The van der Waals surface area contributed by atoms with E-state index in [1.165, 1.54) is 24.3 Å². The van der Waals surface area contributed by atoms with Gasteiger partial charge in [0.15, 0.2) is 0 Å². The number of hydrogen-bond donors (Lipinski definition) is 4. The molecule has 0 unspecified atom stereocenters. The first-order valence-electron chi connectivity index (χ1n) is 6.45. The van der Waals surface area contributed by atoms with Crippen LogP contribution in [0.3, 0.4) is 0 Å². The molecule has 0 saturated carbocycles. The summed E-state index contributed by atoms with van der Waals surface area (Å²) in [6.07, 6.45) is 0. The summed E-state index contributed by atoms with van der Waals surface area (Å²) in [5, 5.41) is 10.9. The molecule has 16 heteroatoms. The molecule has 173 valence electrons. The average Bonchev–Trinajstić information content (AvgIpc) is 2.91. The fourth-order valence-electron chi connectivity index (χ4n) is 2.15. The minimum absolute atomic E-state index is 0. The first kappa shape index (κ1) is 35.1. The van der Waals surface area contributed by atoms with Gasteiger partial charge in [-0.15, -0.1) is 0 Å². The number of amides is 1. The molecule has 30 heavy (non-hydrogen) atoms. The zero-order valence-electron chi connectivity index (χ0n) is 15.4. The van der Waals surface area contributed by atoms with Crippen LogP contribution in [0.1, 0.15) is 15.9 Å². The van der Waals surface area contributed by atoms with E-state index in [0.717, 1.165) is 0 Å². The van der Waals surface area contributed by atoms with E-state index in [0.29, 0.717) is 0 Å². The molecule has 1 amide bonds. The van der Waals surface area contributed by atoms with Crippen molar-refractivity contribution < 1.29 is 49.3 Å². The van der Waals surface area contributed by atoms with Gasteiger partial charge in [0.1, 0.15) is 10.0 Å². The minimum atomic E-state index is -3.68. The fourth-order valence-corrected chi connectivity index (χ4v) is 4.35. The number of sulfonamides is 2. The smallest absolute Gasteiger partial charge is 0.858 e. The van der Waals surface area contributed by atoms with Crippen molar-refractivity contribution in [2.75, 3.05) is 0 Å². The molecule has 2 aromatic carbocycles. The Bertz CT molecular complexity index is 1100. The molecule has 0 bridgehead atoms. The van der Waals surface area contributed by atoms with Crippen LogP contribution in [0, 0.1) is 0 Å². The first-order valence-corrected chi connectivity index (χ1v) is 9.33. The molecule has 14 N–H and O–H groups in total. The zero-order valence-corrected chi connectivity index (χ0v) is 18.0. The molecule has 1 radical (unpaired) electrons. The topological polar surface area (TPSA) is 306 Å². The summed E-state index contributed by atoms with van der Waals surface area (Å²) in [5.74, 6) is -1.35. The molecule has 4 rings (SSSR count). The summed E-state index contributed by atoms with van der Waals surface area (Å²) in [5.41, 5.74) is 0.329. The van der Waals surface area contributed by atoms with Crippen LogP contribution in [0.4, 0.5) is 0 Å². The van der Waals surface area contributed by atoms with Gasteiger partial charge in [-0.25, -0.2) is 8.42 Å². The normalized spacial score (nSPS) is 14.8. The number of carbonyl (C=O) groups excluding carboxylic acids is 1. The van der Waals surface area contributed by atoms with Crippen LogP contribution in [0.25, 0.3) is 4.72 Å². The second kappa shape index (κ2) is 12.3. The Labute approximate surface area is 184 Å². The summed E-state index contributed by atoms with van der Waals surface area (Å²) in [6.45, 7) is 0. The molecule has 0 saturated heterocycles. The van der Waals surface area contributed by atoms with Gasteiger partial charge in [-0.05, 0) is 12.1 Å². The van der Waals surface area contributed by atoms with E-state index in [1.807, 2.05) is 0 Å². The summed E-state index contributed by atoms with van der Waals surface area (Å²) in [7, 11) is -7.36. The molecule has 13 nitrogen and oxygen atoms in total. The van der Waals surface area contributed by atoms with Crippen LogP contribution in [0.5, 0.6) is 0 Å². The van der Waals surface area contributed by atoms with Gasteiger partial charge < -0.3 is 44.7 Å². The van der Waals surface area contributed by atoms with Crippen LogP contribution in [-0.4, -0.2) is 34.1 Å². The largest absolute Gasteiger partial charge is 2.00 e. The van der Waals surface area contributed by atoms with E-state index in [-0.39, 0.29) is 68.1 Å². The second-order valence-corrected chi connectivity index (χ2v) is 7.88. The van der Waals surface area contributed by atoms with Crippen LogP contribution < -0.4 is 29.7 Å².